The third-order valence-electron chi connectivity index (χ3n) is 3.51. The van der Waals surface area contributed by atoms with E-state index in [1.807, 2.05) is 0 Å². The second-order valence-electron chi connectivity index (χ2n) is 4.88. The summed E-state index contributed by atoms with van der Waals surface area (Å²) >= 11 is 0. The van der Waals surface area contributed by atoms with Crippen LogP contribution >= 0.6 is 0 Å². The molecule has 0 radical (unpaired) electrons. The summed E-state index contributed by atoms with van der Waals surface area (Å²) in [5.41, 5.74) is -0.472. The predicted molar refractivity (Wildman–Crippen MR) is 70.4 cm³/mol. The van der Waals surface area contributed by atoms with Gasteiger partial charge in [0, 0.05) is 12.1 Å². The van der Waals surface area contributed by atoms with Crippen LogP contribution in [0.1, 0.15) is 31.4 Å². The Morgan fingerprint density at radius 2 is 2.10 bits per heavy atom. The van der Waals surface area contributed by atoms with Crippen LogP contribution in [-0.2, 0) is 16.1 Å². The summed E-state index contributed by atoms with van der Waals surface area (Å²) in [6, 6.07) is 2.24. The molecular formula is C13H16N2O5. The molecule has 1 saturated carbocycles. The van der Waals surface area contributed by atoms with Crippen LogP contribution in [-0.4, -0.2) is 21.6 Å². The molecule has 0 amide bonds. The number of nitrogens with zero attached hydrogens (tertiary/aromatic N) is 2. The second kappa shape index (κ2) is 5.85. The Morgan fingerprint density at radius 1 is 1.45 bits per heavy atom. The molecule has 0 saturated heterocycles. The molecule has 1 heterocycles. The molecule has 1 aliphatic rings. The van der Waals surface area contributed by atoms with E-state index in [0.717, 1.165) is 42.4 Å². The normalized spacial score (nSPS) is 15.2. The van der Waals surface area contributed by atoms with E-state index in [4.69, 9.17) is 4.74 Å². The molecule has 1 aliphatic carbocycles. The van der Waals surface area contributed by atoms with E-state index in [0.29, 0.717) is 0 Å². The zero-order valence-corrected chi connectivity index (χ0v) is 11.2. The van der Waals surface area contributed by atoms with Gasteiger partial charge in [-0.05, 0) is 32.6 Å². The van der Waals surface area contributed by atoms with Crippen LogP contribution in [0.5, 0.6) is 0 Å². The maximum Gasteiger partial charge on any atom is 0.326 e. The lowest BCUT2D eigenvalue weighted by atomic mass is 10.3. The highest BCUT2D eigenvalue weighted by Gasteiger charge is 2.21. The number of rotatable bonds is 4. The molecule has 1 aromatic rings. The Hall–Kier alpha value is -2.18. The number of carbonyl (C=O) groups is 1. The second-order valence-corrected chi connectivity index (χ2v) is 4.88. The first-order valence-corrected chi connectivity index (χ1v) is 6.53. The minimum absolute atomic E-state index is 0.0859. The summed E-state index contributed by atoms with van der Waals surface area (Å²) in [5, 5.41) is 10.8. The van der Waals surface area contributed by atoms with Crippen molar-refractivity contribution in [1.82, 2.24) is 4.57 Å². The van der Waals surface area contributed by atoms with Gasteiger partial charge >= 0.3 is 5.97 Å². The van der Waals surface area contributed by atoms with Gasteiger partial charge in [-0.2, -0.15) is 0 Å². The molecule has 1 aromatic heterocycles. The van der Waals surface area contributed by atoms with Crippen LogP contribution in [0, 0.1) is 17.0 Å². The van der Waals surface area contributed by atoms with Crippen LogP contribution in [0.15, 0.2) is 16.9 Å². The van der Waals surface area contributed by atoms with Gasteiger partial charge in [0.1, 0.15) is 12.6 Å². The minimum atomic E-state index is -0.576. The van der Waals surface area contributed by atoms with Crippen molar-refractivity contribution in [1.29, 1.82) is 0 Å². The van der Waals surface area contributed by atoms with Crippen molar-refractivity contribution < 1.29 is 14.5 Å². The van der Waals surface area contributed by atoms with E-state index in [1.165, 1.54) is 6.92 Å². The number of esters is 1. The lowest BCUT2D eigenvalue weighted by Gasteiger charge is -2.13. The lowest BCUT2D eigenvalue weighted by Crippen LogP contribution is -2.28. The molecule has 0 aromatic carbocycles. The number of carbonyl (C=O) groups excluding carboxylic acids is 1. The van der Waals surface area contributed by atoms with Gasteiger partial charge in [-0.3, -0.25) is 24.3 Å². The zero-order valence-electron chi connectivity index (χ0n) is 11.2. The monoisotopic (exact) mass is 280 g/mol. The minimum Gasteiger partial charge on any atom is -0.461 e. The highest BCUT2D eigenvalue weighted by atomic mass is 16.6. The maximum absolute atomic E-state index is 11.8. The topological polar surface area (TPSA) is 91.4 Å². The molecule has 1 fully saturated rings. The maximum atomic E-state index is 11.8. The number of ether oxygens (including phenoxy) is 1. The van der Waals surface area contributed by atoms with E-state index in [9.17, 15) is 19.7 Å². The van der Waals surface area contributed by atoms with Crippen LogP contribution in [0.3, 0.4) is 0 Å². The fraction of sp³-hybridized carbons (Fsp3) is 0.538. The summed E-state index contributed by atoms with van der Waals surface area (Å²) in [7, 11) is 0. The number of pyridine rings is 1. The number of hydrogen-bond donors (Lipinski definition) is 0. The van der Waals surface area contributed by atoms with E-state index in [-0.39, 0.29) is 24.0 Å². The van der Waals surface area contributed by atoms with Gasteiger partial charge in [0.25, 0.3) is 11.2 Å². The van der Waals surface area contributed by atoms with Crippen molar-refractivity contribution in [2.45, 2.75) is 45.3 Å². The summed E-state index contributed by atoms with van der Waals surface area (Å²) < 4.78 is 6.34. The van der Waals surface area contributed by atoms with Crippen molar-refractivity contribution in [3.63, 3.8) is 0 Å². The molecule has 0 bridgehead atoms. The van der Waals surface area contributed by atoms with Crippen molar-refractivity contribution in [2.75, 3.05) is 0 Å². The fourth-order valence-electron chi connectivity index (χ4n) is 2.41. The average Bonchev–Trinajstić information content (AvgIpc) is 2.86. The van der Waals surface area contributed by atoms with Crippen LogP contribution < -0.4 is 5.56 Å². The van der Waals surface area contributed by atoms with Crippen molar-refractivity contribution in [2.24, 2.45) is 0 Å². The lowest BCUT2D eigenvalue weighted by molar-refractivity contribution is -0.386. The Kier molecular flexibility index (Phi) is 4.16. The average molecular weight is 280 g/mol. The van der Waals surface area contributed by atoms with Gasteiger partial charge in [0.15, 0.2) is 0 Å². The van der Waals surface area contributed by atoms with Gasteiger partial charge in [-0.25, -0.2) is 0 Å². The Bertz CT molecular complexity index is 587. The van der Waals surface area contributed by atoms with Crippen molar-refractivity contribution >= 4 is 11.7 Å². The summed E-state index contributed by atoms with van der Waals surface area (Å²) in [4.78, 5) is 33.8. The van der Waals surface area contributed by atoms with Crippen LogP contribution in [0.2, 0.25) is 0 Å². The number of nitro groups is 1. The van der Waals surface area contributed by atoms with Gasteiger partial charge < -0.3 is 4.74 Å². The first kappa shape index (κ1) is 14.2. The van der Waals surface area contributed by atoms with Crippen molar-refractivity contribution in [3.8, 4) is 0 Å². The molecule has 108 valence electrons. The van der Waals surface area contributed by atoms with Crippen molar-refractivity contribution in [3.05, 3.63) is 38.3 Å². The molecule has 0 aliphatic heterocycles. The molecule has 2 rings (SSSR count). The first-order valence-electron chi connectivity index (χ1n) is 6.53. The Balaban J connectivity index is 2.15. The molecule has 0 unspecified atom stereocenters. The Morgan fingerprint density at radius 3 is 2.70 bits per heavy atom. The van der Waals surface area contributed by atoms with E-state index < -0.39 is 16.5 Å². The van der Waals surface area contributed by atoms with Gasteiger partial charge in [-0.15, -0.1) is 0 Å². The molecule has 0 spiro atoms. The highest BCUT2D eigenvalue weighted by molar-refractivity contribution is 5.69. The molecule has 7 heteroatoms. The summed E-state index contributed by atoms with van der Waals surface area (Å²) in [6.07, 6.45) is 3.67. The molecular weight excluding hydrogens is 264 g/mol. The van der Waals surface area contributed by atoms with E-state index in [1.54, 1.807) is 0 Å². The third-order valence-corrected chi connectivity index (χ3v) is 3.51. The highest BCUT2D eigenvalue weighted by Crippen LogP contribution is 2.21. The Labute approximate surface area is 115 Å². The number of hydrogen-bond acceptors (Lipinski definition) is 5. The summed E-state index contributed by atoms with van der Waals surface area (Å²) in [6.45, 7) is 1.16. The smallest absolute Gasteiger partial charge is 0.326 e. The third kappa shape index (κ3) is 3.04. The van der Waals surface area contributed by atoms with Gasteiger partial charge in [0.2, 0.25) is 0 Å². The van der Waals surface area contributed by atoms with Crippen LogP contribution in [0.4, 0.5) is 5.69 Å². The van der Waals surface area contributed by atoms with Gasteiger partial charge in [0.05, 0.1) is 10.6 Å². The molecule has 0 atom stereocenters. The number of aromatic nitrogens is 1. The van der Waals surface area contributed by atoms with E-state index in [2.05, 4.69) is 0 Å². The summed E-state index contributed by atoms with van der Waals surface area (Å²) in [5.74, 6) is -0.525. The zero-order chi connectivity index (χ0) is 14.7. The quantitative estimate of drug-likeness (QED) is 0.474. The molecule has 20 heavy (non-hydrogen) atoms. The van der Waals surface area contributed by atoms with Gasteiger partial charge in [-0.1, -0.05) is 0 Å². The van der Waals surface area contributed by atoms with E-state index >= 15 is 0 Å². The molecule has 0 N–H and O–H groups in total. The SMILES string of the molecule is Cc1c([N+](=O)[O-])ccc(=O)n1CC(=O)OC1CCCC1. The molecule has 7 nitrogen and oxygen atoms in total. The van der Waals surface area contributed by atoms with Crippen LogP contribution in [0.25, 0.3) is 0 Å². The largest absolute Gasteiger partial charge is 0.461 e. The standard InChI is InChI=1S/C13H16N2O5/c1-9-11(15(18)19)6-7-12(16)14(9)8-13(17)20-10-4-2-3-5-10/h6-7,10H,2-5,8H2,1H3. The first-order chi connectivity index (χ1) is 9.49. The predicted octanol–water partition coefficient (Wildman–Crippen LogP) is 1.55. The fourth-order valence-corrected chi connectivity index (χ4v) is 2.41.